The van der Waals surface area contributed by atoms with Crippen LogP contribution in [0.1, 0.15) is 41.1 Å². The van der Waals surface area contributed by atoms with Gasteiger partial charge in [-0.1, -0.05) is 6.92 Å². The SMILES string of the molecule is CCc1ccc(C(=O)N2CCOC[C@H]2c2nnc(C)o2)o1. The monoisotopic (exact) mass is 291 g/mol. The van der Waals surface area contributed by atoms with E-state index in [1.807, 2.05) is 13.0 Å². The van der Waals surface area contributed by atoms with Crippen LogP contribution in [0.5, 0.6) is 0 Å². The molecule has 0 aliphatic carbocycles. The number of carbonyl (C=O) groups excluding carboxylic acids is 1. The van der Waals surface area contributed by atoms with Crippen LogP contribution in [0.3, 0.4) is 0 Å². The molecule has 7 nitrogen and oxygen atoms in total. The molecule has 3 heterocycles. The molecule has 0 radical (unpaired) electrons. The lowest BCUT2D eigenvalue weighted by Crippen LogP contribution is -2.43. The van der Waals surface area contributed by atoms with Crippen LogP contribution in [0, 0.1) is 6.92 Å². The highest BCUT2D eigenvalue weighted by atomic mass is 16.5. The van der Waals surface area contributed by atoms with Crippen molar-refractivity contribution in [1.82, 2.24) is 15.1 Å². The summed E-state index contributed by atoms with van der Waals surface area (Å²) in [4.78, 5) is 14.3. The smallest absolute Gasteiger partial charge is 0.290 e. The molecule has 3 rings (SSSR count). The Balaban J connectivity index is 1.85. The minimum Gasteiger partial charge on any atom is -0.456 e. The number of aryl methyl sites for hydroxylation is 2. The van der Waals surface area contributed by atoms with Gasteiger partial charge < -0.3 is 18.5 Å². The summed E-state index contributed by atoms with van der Waals surface area (Å²) in [7, 11) is 0. The van der Waals surface area contributed by atoms with Crippen LogP contribution in [0.2, 0.25) is 0 Å². The van der Waals surface area contributed by atoms with Crippen molar-refractivity contribution in [2.24, 2.45) is 0 Å². The summed E-state index contributed by atoms with van der Waals surface area (Å²) >= 11 is 0. The van der Waals surface area contributed by atoms with E-state index in [4.69, 9.17) is 13.6 Å². The number of furan rings is 1. The summed E-state index contributed by atoms with van der Waals surface area (Å²) in [6.07, 6.45) is 0.753. The predicted molar refractivity (Wildman–Crippen MR) is 71.7 cm³/mol. The van der Waals surface area contributed by atoms with Crippen LogP contribution < -0.4 is 0 Å². The fourth-order valence-corrected chi connectivity index (χ4v) is 2.32. The normalized spacial score (nSPS) is 19.0. The van der Waals surface area contributed by atoms with E-state index in [0.717, 1.165) is 12.2 Å². The number of nitrogens with zero attached hydrogens (tertiary/aromatic N) is 3. The van der Waals surface area contributed by atoms with Gasteiger partial charge >= 0.3 is 0 Å². The molecular weight excluding hydrogens is 274 g/mol. The lowest BCUT2D eigenvalue weighted by molar-refractivity contribution is -0.0121. The number of morpholine rings is 1. The topological polar surface area (TPSA) is 81.6 Å². The van der Waals surface area contributed by atoms with Crippen molar-refractivity contribution in [2.45, 2.75) is 26.3 Å². The van der Waals surface area contributed by atoms with E-state index >= 15 is 0 Å². The third-order valence-electron chi connectivity index (χ3n) is 3.44. The second-order valence-corrected chi connectivity index (χ2v) is 4.87. The Hall–Kier alpha value is -2.15. The third kappa shape index (κ3) is 2.69. The fraction of sp³-hybridized carbons (Fsp3) is 0.500. The van der Waals surface area contributed by atoms with Crippen molar-refractivity contribution in [3.8, 4) is 0 Å². The highest BCUT2D eigenvalue weighted by Gasteiger charge is 2.34. The zero-order chi connectivity index (χ0) is 14.8. The van der Waals surface area contributed by atoms with Crippen molar-refractivity contribution in [3.63, 3.8) is 0 Å². The molecule has 0 bridgehead atoms. The van der Waals surface area contributed by atoms with E-state index in [1.165, 1.54) is 0 Å². The lowest BCUT2D eigenvalue weighted by Gasteiger charge is -2.32. The van der Waals surface area contributed by atoms with E-state index in [9.17, 15) is 4.79 Å². The number of carbonyl (C=O) groups is 1. The molecule has 0 aromatic carbocycles. The molecule has 0 saturated carbocycles. The molecule has 1 aliphatic heterocycles. The maximum absolute atomic E-state index is 12.6. The van der Waals surface area contributed by atoms with Gasteiger partial charge in [-0.15, -0.1) is 10.2 Å². The van der Waals surface area contributed by atoms with Crippen molar-refractivity contribution in [3.05, 3.63) is 35.4 Å². The molecule has 1 aliphatic rings. The van der Waals surface area contributed by atoms with Gasteiger partial charge in [-0.2, -0.15) is 0 Å². The van der Waals surface area contributed by atoms with E-state index in [-0.39, 0.29) is 11.9 Å². The summed E-state index contributed by atoms with van der Waals surface area (Å²) in [5.74, 6) is 1.79. The lowest BCUT2D eigenvalue weighted by atomic mass is 10.2. The van der Waals surface area contributed by atoms with Gasteiger partial charge in [0.1, 0.15) is 11.8 Å². The first kappa shape index (κ1) is 13.8. The Labute approximate surface area is 121 Å². The molecule has 0 unspecified atom stereocenters. The number of ether oxygens (including phenoxy) is 1. The largest absolute Gasteiger partial charge is 0.456 e. The minimum atomic E-state index is -0.373. The zero-order valence-corrected chi connectivity index (χ0v) is 12.0. The number of aromatic nitrogens is 2. The van der Waals surface area contributed by atoms with E-state index < -0.39 is 0 Å². The molecule has 7 heteroatoms. The molecule has 2 aromatic heterocycles. The molecule has 112 valence electrons. The molecule has 1 saturated heterocycles. The highest BCUT2D eigenvalue weighted by Crippen LogP contribution is 2.25. The van der Waals surface area contributed by atoms with Crippen molar-refractivity contribution in [2.75, 3.05) is 19.8 Å². The van der Waals surface area contributed by atoms with Gasteiger partial charge in [-0.25, -0.2) is 0 Å². The molecule has 2 aromatic rings. The highest BCUT2D eigenvalue weighted by molar-refractivity contribution is 5.91. The first-order valence-corrected chi connectivity index (χ1v) is 6.96. The standard InChI is InChI=1S/C14H17N3O4/c1-3-10-4-5-12(21-10)14(18)17-6-7-19-8-11(17)13-16-15-9(2)20-13/h4-5,11H,3,6-8H2,1-2H3/t11-/m0/s1. The summed E-state index contributed by atoms with van der Waals surface area (Å²) < 4.78 is 16.4. The summed E-state index contributed by atoms with van der Waals surface area (Å²) in [6.45, 7) is 4.98. The van der Waals surface area contributed by atoms with Crippen LogP contribution in [-0.4, -0.2) is 40.8 Å². The molecule has 0 N–H and O–H groups in total. The van der Waals surface area contributed by atoms with Gasteiger partial charge in [-0.05, 0) is 12.1 Å². The Bertz CT molecular complexity index is 634. The summed E-state index contributed by atoms with van der Waals surface area (Å²) in [6, 6.07) is 3.15. The zero-order valence-electron chi connectivity index (χ0n) is 12.0. The van der Waals surface area contributed by atoms with Crippen LogP contribution in [0.25, 0.3) is 0 Å². The molecule has 1 amide bonds. The van der Waals surface area contributed by atoms with Gasteiger partial charge in [0, 0.05) is 19.9 Å². The number of hydrogen-bond acceptors (Lipinski definition) is 6. The van der Waals surface area contributed by atoms with E-state index in [0.29, 0.717) is 37.3 Å². The quantitative estimate of drug-likeness (QED) is 0.857. The van der Waals surface area contributed by atoms with Crippen LogP contribution in [0.15, 0.2) is 21.0 Å². The van der Waals surface area contributed by atoms with Crippen molar-refractivity contribution in [1.29, 1.82) is 0 Å². The number of amides is 1. The average Bonchev–Trinajstić information content (AvgIpc) is 3.15. The van der Waals surface area contributed by atoms with Crippen molar-refractivity contribution < 1.29 is 18.4 Å². The maximum atomic E-state index is 12.6. The molecule has 1 atom stereocenters. The second kappa shape index (κ2) is 5.69. The van der Waals surface area contributed by atoms with Crippen LogP contribution in [-0.2, 0) is 11.2 Å². The van der Waals surface area contributed by atoms with Gasteiger partial charge in [0.25, 0.3) is 5.91 Å². The molecule has 0 spiro atoms. The molecular formula is C14H17N3O4. The second-order valence-electron chi connectivity index (χ2n) is 4.87. The average molecular weight is 291 g/mol. The Kier molecular flexibility index (Phi) is 3.74. The van der Waals surface area contributed by atoms with Gasteiger partial charge in [0.05, 0.1) is 13.2 Å². The Morgan fingerprint density at radius 3 is 2.90 bits per heavy atom. The maximum Gasteiger partial charge on any atom is 0.290 e. The Morgan fingerprint density at radius 2 is 2.24 bits per heavy atom. The van der Waals surface area contributed by atoms with Crippen LogP contribution >= 0.6 is 0 Å². The van der Waals surface area contributed by atoms with E-state index in [1.54, 1.807) is 17.9 Å². The first-order chi connectivity index (χ1) is 10.2. The van der Waals surface area contributed by atoms with Crippen LogP contribution in [0.4, 0.5) is 0 Å². The molecule has 1 fully saturated rings. The summed E-state index contributed by atoms with van der Waals surface area (Å²) in [5.41, 5.74) is 0. The van der Waals surface area contributed by atoms with Gasteiger partial charge in [-0.3, -0.25) is 4.79 Å². The number of rotatable bonds is 3. The summed E-state index contributed by atoms with van der Waals surface area (Å²) in [5, 5.41) is 7.81. The molecule has 21 heavy (non-hydrogen) atoms. The van der Waals surface area contributed by atoms with E-state index in [2.05, 4.69) is 10.2 Å². The third-order valence-corrected chi connectivity index (χ3v) is 3.44. The predicted octanol–water partition coefficient (Wildman–Crippen LogP) is 1.75. The minimum absolute atomic E-state index is 0.182. The van der Waals surface area contributed by atoms with Gasteiger partial charge in [0.2, 0.25) is 11.8 Å². The van der Waals surface area contributed by atoms with Crippen molar-refractivity contribution >= 4 is 5.91 Å². The fourth-order valence-electron chi connectivity index (χ4n) is 2.32. The Morgan fingerprint density at radius 1 is 1.38 bits per heavy atom. The number of hydrogen-bond donors (Lipinski definition) is 0. The first-order valence-electron chi connectivity index (χ1n) is 6.96. The van der Waals surface area contributed by atoms with Gasteiger partial charge in [0.15, 0.2) is 5.76 Å².